The van der Waals surface area contributed by atoms with Gasteiger partial charge in [0.25, 0.3) is 0 Å². The first-order valence-electron chi connectivity index (χ1n) is 4.52. The average Bonchev–Trinajstić information content (AvgIpc) is 2.71. The van der Waals surface area contributed by atoms with Gasteiger partial charge in [0, 0.05) is 17.7 Å². The molecule has 1 amide bonds. The van der Waals surface area contributed by atoms with Crippen molar-refractivity contribution in [2.24, 2.45) is 0 Å². The van der Waals surface area contributed by atoms with E-state index in [1.54, 1.807) is 0 Å². The van der Waals surface area contributed by atoms with Gasteiger partial charge in [-0.3, -0.25) is 4.79 Å². The minimum absolute atomic E-state index is 0.208. The van der Waals surface area contributed by atoms with Crippen LogP contribution in [-0.4, -0.2) is 28.0 Å². The third-order valence-corrected chi connectivity index (χ3v) is 3.20. The molecule has 2 N–H and O–H groups in total. The summed E-state index contributed by atoms with van der Waals surface area (Å²) in [7, 11) is 0. The predicted octanol–water partition coefficient (Wildman–Crippen LogP) is 0.508. The van der Waals surface area contributed by atoms with Crippen molar-refractivity contribution in [3.63, 3.8) is 0 Å². The third kappa shape index (κ3) is 1.85. The molecule has 0 saturated carbocycles. The Morgan fingerprint density at radius 2 is 2.47 bits per heavy atom. The molecular formula is C9H10N2O3S. The number of carboxylic acids is 1. The zero-order valence-electron chi connectivity index (χ0n) is 8.06. The van der Waals surface area contributed by atoms with E-state index in [-0.39, 0.29) is 18.2 Å². The molecule has 2 rings (SSSR count). The third-order valence-electron chi connectivity index (χ3n) is 2.41. The summed E-state index contributed by atoms with van der Waals surface area (Å²) in [6.45, 7) is 1.86. The molecule has 0 aliphatic carbocycles. The number of aryl methyl sites for hydroxylation is 1. The molecule has 1 saturated heterocycles. The zero-order valence-corrected chi connectivity index (χ0v) is 8.87. The Morgan fingerprint density at radius 3 is 3.00 bits per heavy atom. The van der Waals surface area contributed by atoms with E-state index in [2.05, 4.69) is 10.3 Å². The lowest BCUT2D eigenvalue weighted by atomic mass is 9.98. The Bertz CT molecular complexity index is 415. The van der Waals surface area contributed by atoms with E-state index in [0.29, 0.717) is 5.69 Å². The first-order valence-corrected chi connectivity index (χ1v) is 5.40. The molecule has 2 heterocycles. The Labute approximate surface area is 90.1 Å². The molecule has 1 fully saturated rings. The maximum Gasteiger partial charge on any atom is 0.326 e. The highest BCUT2D eigenvalue weighted by molar-refractivity contribution is 7.09. The molecule has 1 aliphatic rings. The van der Waals surface area contributed by atoms with Crippen LogP contribution in [0.1, 0.15) is 23.0 Å². The van der Waals surface area contributed by atoms with Gasteiger partial charge in [-0.1, -0.05) is 0 Å². The standard InChI is InChI=1S/C9H10N2O3S/c1-4-10-6(3-15-4)5-2-7(12)11-8(5)9(13)14/h3,5,8H,2H2,1H3,(H,11,12)(H,13,14). The second-order valence-corrected chi connectivity index (χ2v) is 4.55. The second-order valence-electron chi connectivity index (χ2n) is 3.49. The molecule has 1 aromatic heterocycles. The number of thiazole rings is 1. The first-order chi connectivity index (χ1) is 7.08. The van der Waals surface area contributed by atoms with Crippen LogP contribution in [0.5, 0.6) is 0 Å². The lowest BCUT2D eigenvalue weighted by molar-refractivity contribution is -0.140. The van der Waals surface area contributed by atoms with Crippen molar-refractivity contribution in [3.05, 3.63) is 16.1 Å². The minimum Gasteiger partial charge on any atom is -0.480 e. The second kappa shape index (κ2) is 3.62. The molecule has 2 unspecified atom stereocenters. The number of nitrogens with zero attached hydrogens (tertiary/aromatic N) is 1. The van der Waals surface area contributed by atoms with Crippen molar-refractivity contribution >= 4 is 23.2 Å². The minimum atomic E-state index is -1.00. The van der Waals surface area contributed by atoms with E-state index >= 15 is 0 Å². The molecule has 80 valence electrons. The summed E-state index contributed by atoms with van der Waals surface area (Å²) in [4.78, 5) is 26.3. The Hall–Kier alpha value is -1.43. The van der Waals surface area contributed by atoms with E-state index in [1.165, 1.54) is 11.3 Å². The van der Waals surface area contributed by atoms with Crippen molar-refractivity contribution in [2.75, 3.05) is 0 Å². The number of amides is 1. The highest BCUT2D eigenvalue weighted by atomic mass is 32.1. The molecule has 1 aromatic rings. The summed E-state index contributed by atoms with van der Waals surface area (Å²) < 4.78 is 0. The van der Waals surface area contributed by atoms with E-state index < -0.39 is 12.0 Å². The highest BCUT2D eigenvalue weighted by Gasteiger charge is 2.39. The van der Waals surface area contributed by atoms with Crippen molar-refractivity contribution in [1.82, 2.24) is 10.3 Å². The average molecular weight is 226 g/mol. The molecule has 2 atom stereocenters. The van der Waals surface area contributed by atoms with Gasteiger partial charge in [-0.05, 0) is 6.92 Å². The van der Waals surface area contributed by atoms with Crippen LogP contribution in [0.25, 0.3) is 0 Å². The summed E-state index contributed by atoms with van der Waals surface area (Å²) in [5, 5.41) is 14.1. The number of carboxylic acid groups (broad SMARTS) is 1. The number of aliphatic carboxylic acids is 1. The molecule has 6 heteroatoms. The van der Waals surface area contributed by atoms with Crippen molar-refractivity contribution in [2.45, 2.75) is 25.3 Å². The molecule has 0 spiro atoms. The van der Waals surface area contributed by atoms with Gasteiger partial charge >= 0.3 is 5.97 Å². The number of carbonyl (C=O) groups excluding carboxylic acids is 1. The van der Waals surface area contributed by atoms with Gasteiger partial charge in [0.15, 0.2) is 0 Å². The van der Waals surface area contributed by atoms with E-state index in [1.807, 2.05) is 12.3 Å². The largest absolute Gasteiger partial charge is 0.480 e. The number of hydrogen-bond donors (Lipinski definition) is 2. The smallest absolute Gasteiger partial charge is 0.326 e. The van der Waals surface area contributed by atoms with Crippen LogP contribution in [0.15, 0.2) is 5.38 Å². The Balaban J connectivity index is 2.27. The number of hydrogen-bond acceptors (Lipinski definition) is 4. The summed E-state index contributed by atoms with van der Waals surface area (Å²) >= 11 is 1.46. The molecular weight excluding hydrogens is 216 g/mol. The van der Waals surface area contributed by atoms with Gasteiger partial charge in [-0.25, -0.2) is 9.78 Å². The predicted molar refractivity (Wildman–Crippen MR) is 53.8 cm³/mol. The maximum atomic E-state index is 11.1. The van der Waals surface area contributed by atoms with E-state index in [4.69, 9.17) is 5.11 Å². The van der Waals surface area contributed by atoms with Crippen LogP contribution in [0, 0.1) is 6.92 Å². The van der Waals surface area contributed by atoms with Gasteiger partial charge < -0.3 is 10.4 Å². The summed E-state index contributed by atoms with van der Waals surface area (Å²) in [5.74, 6) is -1.56. The van der Waals surface area contributed by atoms with Crippen LogP contribution in [0.3, 0.4) is 0 Å². The van der Waals surface area contributed by atoms with Crippen LogP contribution < -0.4 is 5.32 Å². The van der Waals surface area contributed by atoms with Crippen LogP contribution in [0.4, 0.5) is 0 Å². The van der Waals surface area contributed by atoms with Gasteiger partial charge in [0.2, 0.25) is 5.91 Å². The first kappa shape index (κ1) is 10.1. The Kier molecular flexibility index (Phi) is 2.44. The van der Waals surface area contributed by atoms with Crippen LogP contribution >= 0.6 is 11.3 Å². The van der Waals surface area contributed by atoms with Gasteiger partial charge in [0.05, 0.1) is 10.7 Å². The molecule has 0 bridgehead atoms. The molecule has 0 aromatic carbocycles. The number of nitrogens with one attached hydrogen (secondary N) is 1. The molecule has 1 aliphatic heterocycles. The molecule has 15 heavy (non-hydrogen) atoms. The van der Waals surface area contributed by atoms with Crippen molar-refractivity contribution < 1.29 is 14.7 Å². The fourth-order valence-corrected chi connectivity index (χ4v) is 2.39. The van der Waals surface area contributed by atoms with Gasteiger partial charge in [-0.2, -0.15) is 0 Å². The molecule has 5 nitrogen and oxygen atoms in total. The van der Waals surface area contributed by atoms with Crippen molar-refractivity contribution in [3.8, 4) is 0 Å². The summed E-state index contributed by atoms with van der Waals surface area (Å²) in [6, 6.07) is -0.834. The number of rotatable bonds is 2. The fourth-order valence-electron chi connectivity index (χ4n) is 1.71. The summed E-state index contributed by atoms with van der Waals surface area (Å²) in [6.07, 6.45) is 0.208. The number of aromatic nitrogens is 1. The SMILES string of the molecule is Cc1nc(C2CC(=O)NC2C(=O)O)cs1. The Morgan fingerprint density at radius 1 is 1.73 bits per heavy atom. The number of carbonyl (C=O) groups is 2. The maximum absolute atomic E-state index is 11.1. The van der Waals surface area contributed by atoms with E-state index in [9.17, 15) is 9.59 Å². The van der Waals surface area contributed by atoms with Crippen molar-refractivity contribution in [1.29, 1.82) is 0 Å². The van der Waals surface area contributed by atoms with Gasteiger partial charge in [-0.15, -0.1) is 11.3 Å². The zero-order chi connectivity index (χ0) is 11.0. The normalized spacial score (nSPS) is 25.3. The van der Waals surface area contributed by atoms with Crippen LogP contribution in [0.2, 0.25) is 0 Å². The van der Waals surface area contributed by atoms with Gasteiger partial charge in [0.1, 0.15) is 6.04 Å². The molecule has 0 radical (unpaired) electrons. The monoisotopic (exact) mass is 226 g/mol. The van der Waals surface area contributed by atoms with E-state index in [0.717, 1.165) is 5.01 Å². The fraction of sp³-hybridized carbons (Fsp3) is 0.444. The summed E-state index contributed by atoms with van der Waals surface area (Å²) in [5.41, 5.74) is 0.697. The van der Waals surface area contributed by atoms with Crippen LogP contribution in [-0.2, 0) is 9.59 Å². The lowest BCUT2D eigenvalue weighted by Crippen LogP contribution is -2.36. The highest BCUT2D eigenvalue weighted by Crippen LogP contribution is 2.29. The quantitative estimate of drug-likeness (QED) is 0.770. The topological polar surface area (TPSA) is 79.3 Å². The lowest BCUT2D eigenvalue weighted by Gasteiger charge is -2.11.